The Bertz CT molecular complexity index is 1010. The molecule has 1 heterocycles. The third-order valence-electron chi connectivity index (χ3n) is 5.02. The molecular formula is C24H29ClN4O3. The first-order chi connectivity index (χ1) is 15.1. The van der Waals surface area contributed by atoms with Gasteiger partial charge in [0.2, 0.25) is 0 Å². The van der Waals surface area contributed by atoms with Crippen LogP contribution in [0.25, 0.3) is 0 Å². The van der Waals surface area contributed by atoms with Crippen molar-refractivity contribution >= 4 is 29.3 Å². The molecule has 0 spiro atoms. The van der Waals surface area contributed by atoms with E-state index in [2.05, 4.69) is 10.4 Å². The number of amides is 3. The molecule has 7 nitrogen and oxygen atoms in total. The second kappa shape index (κ2) is 9.61. The molecule has 1 aliphatic rings. The van der Waals surface area contributed by atoms with Crippen LogP contribution in [0.3, 0.4) is 0 Å². The van der Waals surface area contributed by atoms with E-state index in [0.29, 0.717) is 11.4 Å². The molecule has 32 heavy (non-hydrogen) atoms. The number of hydrazone groups is 1. The topological polar surface area (TPSA) is 74.2 Å². The number of carbonyl (C=O) groups excluding carboxylic acids is 2. The molecule has 0 saturated heterocycles. The number of urea groups is 1. The number of hydrogen-bond acceptors (Lipinski definition) is 4. The lowest BCUT2D eigenvalue weighted by Crippen LogP contribution is -2.49. The quantitative estimate of drug-likeness (QED) is 0.721. The van der Waals surface area contributed by atoms with Crippen molar-refractivity contribution in [3.8, 4) is 5.75 Å². The van der Waals surface area contributed by atoms with Crippen LogP contribution in [0.15, 0.2) is 53.6 Å². The highest BCUT2D eigenvalue weighted by atomic mass is 35.5. The standard InChI is InChI=1S/C24H29ClN4O3/c1-24(2,3)26-23(31)28(4)15-22(30)29-21(16-9-11-18(25)12-10-16)14-20(27-29)17-7-6-8-19(13-17)32-5/h6-13,21H,14-15H2,1-5H3,(H,26,31). The molecule has 3 amide bonds. The summed E-state index contributed by atoms with van der Waals surface area (Å²) in [6.07, 6.45) is 0.540. The second-order valence-electron chi connectivity index (χ2n) is 8.82. The predicted molar refractivity (Wildman–Crippen MR) is 126 cm³/mol. The molecule has 1 aliphatic heterocycles. The molecule has 0 radical (unpaired) electrons. The van der Waals surface area contributed by atoms with E-state index in [4.69, 9.17) is 16.3 Å². The highest BCUT2D eigenvalue weighted by Gasteiger charge is 2.34. The predicted octanol–water partition coefficient (Wildman–Crippen LogP) is 4.47. The van der Waals surface area contributed by atoms with Crippen molar-refractivity contribution < 1.29 is 14.3 Å². The van der Waals surface area contributed by atoms with Gasteiger partial charge < -0.3 is 15.0 Å². The van der Waals surface area contributed by atoms with Gasteiger partial charge in [0, 0.05) is 29.6 Å². The summed E-state index contributed by atoms with van der Waals surface area (Å²) in [5.74, 6) is 0.450. The Morgan fingerprint density at radius 1 is 1.22 bits per heavy atom. The lowest BCUT2D eigenvalue weighted by molar-refractivity contribution is -0.133. The summed E-state index contributed by atoms with van der Waals surface area (Å²) >= 11 is 6.06. The number of halogens is 1. The Morgan fingerprint density at radius 2 is 1.91 bits per heavy atom. The van der Waals surface area contributed by atoms with Crippen LogP contribution in [0.2, 0.25) is 5.02 Å². The minimum Gasteiger partial charge on any atom is -0.497 e. The van der Waals surface area contributed by atoms with Gasteiger partial charge in [-0.3, -0.25) is 4.79 Å². The molecule has 0 aromatic heterocycles. The van der Waals surface area contributed by atoms with E-state index in [-0.39, 0.29) is 24.5 Å². The maximum absolute atomic E-state index is 13.2. The van der Waals surface area contributed by atoms with Crippen LogP contribution >= 0.6 is 11.6 Å². The van der Waals surface area contributed by atoms with Gasteiger partial charge in [0.15, 0.2) is 0 Å². The van der Waals surface area contributed by atoms with E-state index in [1.807, 2.05) is 57.2 Å². The number of likely N-dealkylation sites (N-methyl/N-ethyl adjacent to an activating group) is 1. The van der Waals surface area contributed by atoms with E-state index in [1.165, 1.54) is 9.91 Å². The van der Waals surface area contributed by atoms with Crippen molar-refractivity contribution in [3.05, 3.63) is 64.7 Å². The van der Waals surface area contributed by atoms with Crippen LogP contribution in [-0.2, 0) is 4.79 Å². The monoisotopic (exact) mass is 456 g/mol. The molecule has 0 bridgehead atoms. The molecule has 1 N–H and O–H groups in total. The summed E-state index contributed by atoms with van der Waals surface area (Å²) in [7, 11) is 3.21. The van der Waals surface area contributed by atoms with Crippen molar-refractivity contribution in [2.45, 2.75) is 38.8 Å². The lowest BCUT2D eigenvalue weighted by atomic mass is 9.98. The zero-order valence-corrected chi connectivity index (χ0v) is 19.8. The molecule has 3 rings (SSSR count). The fourth-order valence-corrected chi connectivity index (χ4v) is 3.55. The van der Waals surface area contributed by atoms with E-state index in [0.717, 1.165) is 22.6 Å². The van der Waals surface area contributed by atoms with E-state index >= 15 is 0 Å². The molecule has 0 saturated carbocycles. The summed E-state index contributed by atoms with van der Waals surface area (Å²) in [6, 6.07) is 14.4. The molecule has 170 valence electrons. The molecule has 8 heteroatoms. The summed E-state index contributed by atoms with van der Waals surface area (Å²) in [6.45, 7) is 5.58. The first-order valence-electron chi connectivity index (χ1n) is 10.4. The van der Waals surface area contributed by atoms with Crippen molar-refractivity contribution in [1.82, 2.24) is 15.2 Å². The van der Waals surface area contributed by atoms with Crippen molar-refractivity contribution in [3.63, 3.8) is 0 Å². The van der Waals surface area contributed by atoms with Gasteiger partial charge in [-0.2, -0.15) is 5.10 Å². The Morgan fingerprint density at radius 3 is 2.53 bits per heavy atom. The first kappa shape index (κ1) is 23.6. The van der Waals surface area contributed by atoms with Gasteiger partial charge in [-0.15, -0.1) is 0 Å². The average Bonchev–Trinajstić information content (AvgIpc) is 3.18. The lowest BCUT2D eigenvalue weighted by Gasteiger charge is -2.27. The molecule has 0 aliphatic carbocycles. The zero-order valence-electron chi connectivity index (χ0n) is 19.1. The number of hydrogen-bond donors (Lipinski definition) is 1. The highest BCUT2D eigenvalue weighted by Crippen LogP contribution is 2.34. The van der Waals surface area contributed by atoms with Crippen LogP contribution in [-0.4, -0.2) is 53.8 Å². The van der Waals surface area contributed by atoms with E-state index < -0.39 is 5.54 Å². The number of ether oxygens (including phenoxy) is 1. The van der Waals surface area contributed by atoms with E-state index in [1.54, 1.807) is 26.3 Å². The highest BCUT2D eigenvalue weighted by molar-refractivity contribution is 6.30. The molecule has 1 atom stereocenters. The van der Waals surface area contributed by atoms with Gasteiger partial charge in [-0.25, -0.2) is 9.80 Å². The molecule has 2 aromatic carbocycles. The third kappa shape index (κ3) is 5.79. The summed E-state index contributed by atoms with van der Waals surface area (Å²) in [5, 5.41) is 9.61. The fraction of sp³-hybridized carbons (Fsp3) is 0.375. The van der Waals surface area contributed by atoms with Crippen LogP contribution in [0.4, 0.5) is 4.79 Å². The minimum absolute atomic E-state index is 0.0963. The zero-order chi connectivity index (χ0) is 23.5. The average molecular weight is 457 g/mol. The number of nitrogens with one attached hydrogen (secondary N) is 1. The summed E-state index contributed by atoms with van der Waals surface area (Å²) < 4.78 is 5.33. The van der Waals surface area contributed by atoms with E-state index in [9.17, 15) is 9.59 Å². The smallest absolute Gasteiger partial charge is 0.318 e. The third-order valence-corrected chi connectivity index (χ3v) is 5.28. The number of rotatable bonds is 5. The van der Waals surface area contributed by atoms with Gasteiger partial charge in [0.05, 0.1) is 18.9 Å². The van der Waals surface area contributed by atoms with Crippen molar-refractivity contribution in [1.29, 1.82) is 0 Å². The van der Waals surface area contributed by atoms with Crippen LogP contribution in [0, 0.1) is 0 Å². The van der Waals surface area contributed by atoms with Gasteiger partial charge in [0.25, 0.3) is 5.91 Å². The van der Waals surface area contributed by atoms with Gasteiger partial charge >= 0.3 is 6.03 Å². The van der Waals surface area contributed by atoms with Crippen LogP contribution < -0.4 is 10.1 Å². The maximum Gasteiger partial charge on any atom is 0.318 e. The fourth-order valence-electron chi connectivity index (χ4n) is 3.43. The molecule has 2 aromatic rings. The SMILES string of the molecule is COc1cccc(C2=NN(C(=O)CN(C)C(=O)NC(C)(C)C)C(c3ccc(Cl)cc3)C2)c1. The second-order valence-corrected chi connectivity index (χ2v) is 9.26. The summed E-state index contributed by atoms with van der Waals surface area (Å²) in [5.41, 5.74) is 2.19. The number of nitrogens with zero attached hydrogens (tertiary/aromatic N) is 3. The van der Waals surface area contributed by atoms with Crippen molar-refractivity contribution in [2.24, 2.45) is 5.10 Å². The number of methoxy groups -OCH3 is 1. The van der Waals surface area contributed by atoms with Gasteiger partial charge in [-0.05, 0) is 50.6 Å². The Hall–Kier alpha value is -3.06. The molecule has 0 fully saturated rings. The van der Waals surface area contributed by atoms with Crippen molar-refractivity contribution in [2.75, 3.05) is 20.7 Å². The normalized spacial score (nSPS) is 15.9. The maximum atomic E-state index is 13.2. The summed E-state index contributed by atoms with van der Waals surface area (Å²) in [4.78, 5) is 27.0. The largest absolute Gasteiger partial charge is 0.497 e. The van der Waals surface area contributed by atoms with Crippen LogP contribution in [0.5, 0.6) is 5.75 Å². The Labute approximate surface area is 194 Å². The van der Waals surface area contributed by atoms with Gasteiger partial charge in [-0.1, -0.05) is 35.9 Å². The number of benzene rings is 2. The van der Waals surface area contributed by atoms with Gasteiger partial charge in [0.1, 0.15) is 12.3 Å². The minimum atomic E-state index is -0.397. The Kier molecular flexibility index (Phi) is 7.09. The molecular weight excluding hydrogens is 428 g/mol. The molecule has 1 unspecified atom stereocenters. The number of carbonyl (C=O) groups is 2. The first-order valence-corrected chi connectivity index (χ1v) is 10.8. The van der Waals surface area contributed by atoms with Crippen LogP contribution in [0.1, 0.15) is 44.4 Å². The Balaban J connectivity index is 1.86.